The van der Waals surface area contributed by atoms with Crippen molar-refractivity contribution in [2.75, 3.05) is 67.6 Å². The van der Waals surface area contributed by atoms with E-state index in [2.05, 4.69) is 45.5 Å². The third kappa shape index (κ3) is 16.0. The lowest BCUT2D eigenvalue weighted by Gasteiger charge is -2.37. The van der Waals surface area contributed by atoms with Crippen LogP contribution in [-0.2, 0) is 41.5 Å². The molecule has 8 rings (SSSR count). The van der Waals surface area contributed by atoms with Crippen LogP contribution in [0.2, 0.25) is 0 Å². The average Bonchev–Trinajstić information content (AvgIpc) is 4.27. The van der Waals surface area contributed by atoms with E-state index >= 15 is 0 Å². The second-order valence-electron chi connectivity index (χ2n) is 23.4. The molecule has 16 nitrogen and oxygen atoms in total. The minimum absolute atomic E-state index is 0.0260. The highest BCUT2D eigenvalue weighted by molar-refractivity contribution is 5.96. The Labute approximate surface area is 486 Å². The third-order valence-electron chi connectivity index (χ3n) is 18.1. The van der Waals surface area contributed by atoms with Crippen molar-refractivity contribution in [3.8, 4) is 11.1 Å². The molecule has 4 aromatic carbocycles. The molecule has 0 radical (unpaired) electrons. The molecule has 8 atom stereocenters. The maximum absolute atomic E-state index is 14.8. The Morgan fingerprint density at radius 1 is 0.512 bits per heavy atom. The predicted molar refractivity (Wildman–Crippen MR) is 320 cm³/mol. The summed E-state index contributed by atoms with van der Waals surface area (Å²) in [5, 5.41) is 12.3. The van der Waals surface area contributed by atoms with Crippen LogP contribution >= 0.6 is 0 Å². The number of hydrogen-bond acceptors (Lipinski definition) is 10. The van der Waals surface area contributed by atoms with Crippen molar-refractivity contribution in [3.05, 3.63) is 131 Å². The fourth-order valence-corrected chi connectivity index (χ4v) is 12.7. The van der Waals surface area contributed by atoms with Gasteiger partial charge in [0.15, 0.2) is 0 Å². The maximum Gasteiger partial charge on any atom is 0.253 e. The molecular formula is C66H90N8O8. The quantitative estimate of drug-likeness (QED) is 0.0526. The first kappa shape index (κ1) is 61.6. The molecular weight excluding hydrogens is 1030 g/mol. The number of rotatable bonds is 25. The molecule has 16 heteroatoms. The predicted octanol–water partition coefficient (Wildman–Crippen LogP) is 7.30. The molecule has 82 heavy (non-hydrogen) atoms. The maximum atomic E-state index is 14.8. The van der Waals surface area contributed by atoms with Crippen LogP contribution in [0.4, 0.5) is 0 Å². The smallest absolute Gasteiger partial charge is 0.253 e. The fourth-order valence-electron chi connectivity index (χ4n) is 12.7. The van der Waals surface area contributed by atoms with E-state index in [1.165, 1.54) is 0 Å². The second kappa shape index (κ2) is 30.2. The van der Waals surface area contributed by atoms with E-state index in [0.29, 0.717) is 76.1 Å². The summed E-state index contributed by atoms with van der Waals surface area (Å²) in [4.78, 5) is 93.5. The van der Waals surface area contributed by atoms with Crippen LogP contribution in [0.25, 0.3) is 11.1 Å². The van der Waals surface area contributed by atoms with Crippen molar-refractivity contribution < 1.29 is 38.2 Å². The topological polar surface area (TPSA) is 182 Å². The summed E-state index contributed by atoms with van der Waals surface area (Å²) in [5.74, 6) is -0.894. The lowest BCUT2D eigenvalue weighted by Crippen LogP contribution is -2.57. The van der Waals surface area contributed by atoms with Gasteiger partial charge in [-0.1, -0.05) is 123 Å². The SMILES string of the molecule is CN[C@@H](C)C(=O)N[C@H](C(=O)N1C[C@@H](OC)C[C@H]1CN(CCc1ccccc1)C(=O)c1ccc(-c2ccc(C(=O)N(CCc3ccccc3)C[C@@H]3C[C@H](OC)CN3C(=O)[C@@H](NC(=O)[C@H](C)NC)C3CCCCC3)cc2)cc1)C1CCCCC1. The van der Waals surface area contributed by atoms with Gasteiger partial charge >= 0.3 is 0 Å². The Morgan fingerprint density at radius 3 is 1.20 bits per heavy atom. The number of hydrogen-bond donors (Lipinski definition) is 4. The number of amides is 6. The van der Waals surface area contributed by atoms with Crippen molar-refractivity contribution >= 4 is 35.4 Å². The van der Waals surface area contributed by atoms with Gasteiger partial charge in [0.1, 0.15) is 12.1 Å². The van der Waals surface area contributed by atoms with Gasteiger partial charge in [-0.3, -0.25) is 28.8 Å². The number of likely N-dealkylation sites (N-methyl/N-ethyl adjacent to an activating group) is 2. The molecule has 2 aliphatic carbocycles. The number of carbonyl (C=O) groups is 6. The minimum Gasteiger partial charge on any atom is -0.380 e. The normalized spacial score (nSPS) is 21.0. The number of nitrogens with zero attached hydrogens (tertiary/aromatic N) is 4. The van der Waals surface area contributed by atoms with Gasteiger partial charge in [0, 0.05) is 64.6 Å². The lowest BCUT2D eigenvalue weighted by atomic mass is 9.83. The van der Waals surface area contributed by atoms with Gasteiger partial charge in [-0.05, 0) is 138 Å². The van der Waals surface area contributed by atoms with Crippen LogP contribution in [-0.4, -0.2) is 171 Å². The number of carbonyl (C=O) groups excluding carboxylic acids is 6. The summed E-state index contributed by atoms with van der Waals surface area (Å²) in [6.07, 6.45) is 11.7. The highest BCUT2D eigenvalue weighted by atomic mass is 16.5. The zero-order valence-electron chi connectivity index (χ0n) is 49.4. The number of likely N-dealkylation sites (tertiary alicyclic amines) is 2. The van der Waals surface area contributed by atoms with Crippen molar-refractivity contribution in [2.45, 2.75) is 152 Å². The van der Waals surface area contributed by atoms with Crippen LogP contribution in [0, 0.1) is 11.8 Å². The third-order valence-corrected chi connectivity index (χ3v) is 18.1. The Bertz CT molecular complexity index is 2520. The fraction of sp³-hybridized carbons (Fsp3) is 0.545. The first-order valence-corrected chi connectivity index (χ1v) is 30.3. The molecule has 4 fully saturated rings. The first-order chi connectivity index (χ1) is 39.8. The van der Waals surface area contributed by atoms with E-state index in [9.17, 15) is 28.8 Å². The molecule has 0 aromatic heterocycles. The van der Waals surface area contributed by atoms with E-state index in [-0.39, 0.29) is 71.6 Å². The highest BCUT2D eigenvalue weighted by Gasteiger charge is 2.45. The molecule has 0 spiro atoms. The molecule has 4 N–H and O–H groups in total. The molecule has 2 saturated heterocycles. The number of nitrogens with one attached hydrogen (secondary N) is 4. The van der Waals surface area contributed by atoms with Crippen LogP contribution in [0.1, 0.15) is 123 Å². The zero-order chi connectivity index (χ0) is 58.1. The molecule has 0 bridgehead atoms. The number of ether oxygens (including phenoxy) is 2. The van der Waals surface area contributed by atoms with Crippen molar-refractivity contribution in [2.24, 2.45) is 11.8 Å². The van der Waals surface area contributed by atoms with Gasteiger partial charge in [0.25, 0.3) is 11.8 Å². The lowest BCUT2D eigenvalue weighted by molar-refractivity contribution is -0.140. The minimum atomic E-state index is -0.670. The summed E-state index contributed by atoms with van der Waals surface area (Å²) < 4.78 is 11.8. The Balaban J connectivity index is 0.999. The summed E-state index contributed by atoms with van der Waals surface area (Å²) in [7, 11) is 6.80. The average molecular weight is 1120 g/mol. The summed E-state index contributed by atoms with van der Waals surface area (Å²) in [6, 6.07) is 32.4. The van der Waals surface area contributed by atoms with Crippen LogP contribution in [0.3, 0.4) is 0 Å². The summed E-state index contributed by atoms with van der Waals surface area (Å²) in [5.41, 5.74) is 4.97. The molecule has 4 aliphatic rings. The Morgan fingerprint density at radius 2 is 0.866 bits per heavy atom. The van der Waals surface area contributed by atoms with Crippen LogP contribution in [0.5, 0.6) is 0 Å². The molecule has 6 amide bonds. The van der Waals surface area contributed by atoms with Gasteiger partial charge in [0.05, 0.1) is 36.4 Å². The van der Waals surface area contributed by atoms with E-state index in [1.54, 1.807) is 42.2 Å². The number of benzene rings is 4. The number of methoxy groups -OCH3 is 2. The standard InChI is InChI=1S/C66H90N8O8/c1-45(67-3)61(75)69-59(51-23-15-9-16-24-51)65(79)73-43-57(81-5)39-55(73)41-71(37-35-47-19-11-7-12-20-47)63(77)53-31-27-49(28-32-53)50-29-33-54(34-30-50)64(78)72(38-36-48-21-13-8-14-22-48)42-56-40-58(82-6)44-74(56)66(80)60(52-25-17-10-18-26-52)70-62(76)46(2)68-4/h7-8,11-14,19-22,27-34,45-46,51-52,55-60,67-68H,9-10,15-18,23-26,35-44H2,1-6H3,(H,69,75)(H,70,76)/t45-,46-,55-,56-,57-,58-,59-,60-/m0/s1. The van der Waals surface area contributed by atoms with E-state index in [1.807, 2.05) is 105 Å². The molecule has 2 heterocycles. The van der Waals surface area contributed by atoms with Crippen molar-refractivity contribution in [1.82, 2.24) is 40.9 Å². The van der Waals surface area contributed by atoms with Crippen molar-refractivity contribution in [3.63, 3.8) is 0 Å². The van der Waals surface area contributed by atoms with Crippen LogP contribution < -0.4 is 21.3 Å². The Kier molecular flexibility index (Phi) is 22.7. The summed E-state index contributed by atoms with van der Waals surface area (Å²) >= 11 is 0. The van der Waals surface area contributed by atoms with E-state index in [0.717, 1.165) is 86.5 Å². The van der Waals surface area contributed by atoms with Gasteiger partial charge in [-0.15, -0.1) is 0 Å². The second-order valence-corrected chi connectivity index (χ2v) is 23.4. The van der Waals surface area contributed by atoms with Gasteiger partial charge in [-0.2, -0.15) is 0 Å². The van der Waals surface area contributed by atoms with Gasteiger partial charge < -0.3 is 50.3 Å². The van der Waals surface area contributed by atoms with Crippen molar-refractivity contribution in [1.29, 1.82) is 0 Å². The van der Waals surface area contributed by atoms with Gasteiger partial charge in [0.2, 0.25) is 23.6 Å². The Hall–Kier alpha value is -6.46. The largest absolute Gasteiger partial charge is 0.380 e. The first-order valence-electron chi connectivity index (χ1n) is 30.3. The van der Waals surface area contributed by atoms with Crippen LogP contribution in [0.15, 0.2) is 109 Å². The molecule has 442 valence electrons. The molecule has 0 unspecified atom stereocenters. The zero-order valence-corrected chi connectivity index (χ0v) is 49.4. The van der Waals surface area contributed by atoms with Gasteiger partial charge in [-0.25, -0.2) is 0 Å². The monoisotopic (exact) mass is 1120 g/mol. The summed E-state index contributed by atoms with van der Waals surface area (Å²) in [6.45, 7) is 5.79. The van der Waals surface area contributed by atoms with E-state index < -0.39 is 24.2 Å². The molecule has 2 aliphatic heterocycles. The van der Waals surface area contributed by atoms with E-state index in [4.69, 9.17) is 9.47 Å². The molecule has 4 aromatic rings. The molecule has 2 saturated carbocycles. The highest BCUT2D eigenvalue weighted by Crippen LogP contribution is 2.33.